The second-order valence-electron chi connectivity index (χ2n) is 9.82. The molecule has 0 radical (unpaired) electrons. The molecule has 1 aliphatic carbocycles. The quantitative estimate of drug-likeness (QED) is 0.218. The lowest BCUT2D eigenvalue weighted by atomic mass is 9.70. The van der Waals surface area contributed by atoms with Crippen molar-refractivity contribution in [1.29, 1.82) is 0 Å². The highest BCUT2D eigenvalue weighted by Gasteiger charge is 2.56. The van der Waals surface area contributed by atoms with Crippen LogP contribution in [0.15, 0.2) is 45.8 Å². The third-order valence-electron chi connectivity index (χ3n) is 7.37. The Morgan fingerprint density at radius 1 is 1.10 bits per heavy atom. The molecule has 1 aromatic heterocycles. The predicted octanol–water partition coefficient (Wildman–Crippen LogP) is 3.43. The van der Waals surface area contributed by atoms with Crippen molar-refractivity contribution < 1.29 is 43.3 Å². The lowest BCUT2D eigenvalue weighted by Crippen LogP contribution is -2.41. The van der Waals surface area contributed by atoms with E-state index in [4.69, 9.17) is 18.7 Å². The number of aromatic hydroxyl groups is 2. The molecule has 212 valence electrons. The van der Waals surface area contributed by atoms with Gasteiger partial charge in [0.15, 0.2) is 28.8 Å². The van der Waals surface area contributed by atoms with Crippen molar-refractivity contribution in [2.24, 2.45) is 0 Å². The summed E-state index contributed by atoms with van der Waals surface area (Å²) in [5, 5.41) is 28.4. The first-order valence-corrected chi connectivity index (χ1v) is 12.5. The Labute approximate surface area is 234 Å². The molecular formula is C29H27N3O9. The van der Waals surface area contributed by atoms with E-state index in [0.29, 0.717) is 22.9 Å². The van der Waals surface area contributed by atoms with Crippen LogP contribution >= 0.6 is 0 Å². The smallest absolute Gasteiger partial charge is 0.246 e. The number of aromatic nitrogens is 2. The summed E-state index contributed by atoms with van der Waals surface area (Å²) in [5.74, 6) is -1.29. The molecule has 0 spiro atoms. The summed E-state index contributed by atoms with van der Waals surface area (Å²) in [6.07, 6.45) is 1.15. The second kappa shape index (κ2) is 9.81. The van der Waals surface area contributed by atoms with Crippen LogP contribution in [0, 0.1) is 6.92 Å². The highest BCUT2D eigenvalue weighted by atomic mass is 16.5. The Kier molecular flexibility index (Phi) is 6.56. The number of hydrogen-bond donors (Lipinski definition) is 3. The van der Waals surface area contributed by atoms with Gasteiger partial charge in [-0.25, -0.2) is 0 Å². The number of methoxy groups -OCH3 is 2. The molecule has 2 aromatic carbocycles. The third kappa shape index (κ3) is 4.10. The minimum atomic E-state index is -1.61. The van der Waals surface area contributed by atoms with Crippen LogP contribution in [0.3, 0.4) is 0 Å². The zero-order valence-corrected chi connectivity index (χ0v) is 23.2. The molecule has 0 fully saturated rings. The topological polar surface area (TPSA) is 170 Å². The minimum absolute atomic E-state index is 0.00324. The molecule has 0 amide bonds. The number of ether oxygens (including phenoxy) is 3. The highest BCUT2D eigenvalue weighted by Crippen LogP contribution is 2.57. The summed E-state index contributed by atoms with van der Waals surface area (Å²) < 4.78 is 21.7. The lowest BCUT2D eigenvalue weighted by Gasteiger charge is -2.29. The highest BCUT2D eigenvalue weighted by molar-refractivity contribution is 6.31. The van der Waals surface area contributed by atoms with Gasteiger partial charge in [-0.3, -0.25) is 14.4 Å². The van der Waals surface area contributed by atoms with Gasteiger partial charge in [-0.15, -0.1) is 0 Å². The number of carbonyl (C=O) groups is 3. The number of hydrogen-bond acceptors (Lipinski definition) is 12. The Balaban J connectivity index is 1.46. The number of phenolic OH excluding ortho intramolecular Hbond substituents is 2. The molecule has 1 aliphatic heterocycles. The number of nitrogens with one attached hydrogen (secondary N) is 1. The standard InChI is InChI=1S/C29H27N3O9/c1-12-24(35)22(14(3)33)26-23(25(12)36)29(4)19(40-26)10-16(34)21(27(29)37)13(2)30-11-20-31-28(32-41-20)15-7-8-17(38-5)18(9-15)39-6/h7-10,30,35-36H,11H2,1-6H3/b21-13+/t29-/m0/s1. The van der Waals surface area contributed by atoms with Crippen LogP contribution in [0.4, 0.5) is 0 Å². The van der Waals surface area contributed by atoms with Gasteiger partial charge >= 0.3 is 0 Å². The number of rotatable bonds is 7. The maximum absolute atomic E-state index is 13.9. The van der Waals surface area contributed by atoms with E-state index in [1.165, 1.54) is 35.0 Å². The molecule has 0 bridgehead atoms. The molecule has 12 nitrogen and oxygen atoms in total. The Bertz CT molecular complexity index is 1720. The molecule has 1 atom stereocenters. The van der Waals surface area contributed by atoms with Gasteiger partial charge in [0, 0.05) is 22.9 Å². The molecule has 12 heteroatoms. The number of ketones is 3. The molecule has 2 aliphatic rings. The van der Waals surface area contributed by atoms with Gasteiger partial charge < -0.3 is 34.3 Å². The Hall–Kier alpha value is -5.13. The van der Waals surface area contributed by atoms with Crippen LogP contribution in [-0.4, -0.2) is 51.9 Å². The number of phenols is 2. The van der Waals surface area contributed by atoms with Crippen molar-refractivity contribution in [2.45, 2.75) is 39.7 Å². The molecule has 2 heterocycles. The number of nitrogens with zero attached hydrogens (tertiary/aromatic N) is 2. The summed E-state index contributed by atoms with van der Waals surface area (Å²) in [4.78, 5) is 43.7. The van der Waals surface area contributed by atoms with Crippen LogP contribution in [-0.2, 0) is 21.5 Å². The van der Waals surface area contributed by atoms with Gasteiger partial charge in [-0.1, -0.05) is 5.16 Å². The number of carbonyl (C=O) groups excluding carboxylic acids is 3. The minimum Gasteiger partial charge on any atom is -0.507 e. The van der Waals surface area contributed by atoms with Crippen LogP contribution < -0.4 is 19.5 Å². The fourth-order valence-corrected chi connectivity index (χ4v) is 5.08. The van der Waals surface area contributed by atoms with Crippen molar-refractivity contribution in [3.05, 3.63) is 63.9 Å². The van der Waals surface area contributed by atoms with E-state index >= 15 is 0 Å². The number of Topliss-reactive ketones (excluding diaryl/α,β-unsaturated/α-hetero) is 2. The Morgan fingerprint density at radius 3 is 2.46 bits per heavy atom. The van der Waals surface area contributed by atoms with E-state index in [-0.39, 0.29) is 51.9 Å². The van der Waals surface area contributed by atoms with Gasteiger partial charge in [-0.05, 0) is 45.9 Å². The van der Waals surface area contributed by atoms with E-state index in [1.807, 2.05) is 0 Å². The van der Waals surface area contributed by atoms with Gasteiger partial charge in [-0.2, -0.15) is 4.98 Å². The number of fused-ring (bicyclic) bond motifs is 3. The predicted molar refractivity (Wildman–Crippen MR) is 143 cm³/mol. The first-order valence-electron chi connectivity index (χ1n) is 12.5. The zero-order chi connectivity index (χ0) is 29.8. The fraction of sp³-hybridized carbons (Fsp3) is 0.276. The molecule has 41 heavy (non-hydrogen) atoms. The van der Waals surface area contributed by atoms with Crippen LogP contribution in [0.1, 0.15) is 48.1 Å². The van der Waals surface area contributed by atoms with E-state index in [2.05, 4.69) is 15.5 Å². The SMILES string of the molecule is COc1ccc(-c2noc(CN/C(C)=C3\C(=O)C=C4Oc5c(C(C)=O)c(O)c(C)c(O)c5[C@@]4(C)C3=O)n2)cc1OC. The maximum Gasteiger partial charge on any atom is 0.246 e. The Morgan fingerprint density at radius 2 is 1.80 bits per heavy atom. The monoisotopic (exact) mass is 561 g/mol. The lowest BCUT2D eigenvalue weighted by molar-refractivity contribution is -0.123. The number of allylic oxidation sites excluding steroid dienone is 4. The van der Waals surface area contributed by atoms with Gasteiger partial charge in [0.2, 0.25) is 11.7 Å². The molecule has 0 saturated carbocycles. The molecule has 5 rings (SSSR count). The van der Waals surface area contributed by atoms with Crippen LogP contribution in [0.2, 0.25) is 0 Å². The summed E-state index contributed by atoms with van der Waals surface area (Å²) >= 11 is 0. The molecular weight excluding hydrogens is 534 g/mol. The van der Waals surface area contributed by atoms with Crippen molar-refractivity contribution in [1.82, 2.24) is 15.5 Å². The van der Waals surface area contributed by atoms with Crippen LogP contribution in [0.5, 0.6) is 28.7 Å². The normalized spacial score (nSPS) is 18.7. The van der Waals surface area contributed by atoms with Crippen molar-refractivity contribution >= 4 is 17.3 Å². The molecule has 0 saturated heterocycles. The van der Waals surface area contributed by atoms with Crippen LogP contribution in [0.25, 0.3) is 11.4 Å². The third-order valence-corrected chi connectivity index (χ3v) is 7.37. The van der Waals surface area contributed by atoms with E-state index < -0.39 is 34.3 Å². The van der Waals surface area contributed by atoms with E-state index in [9.17, 15) is 24.6 Å². The summed E-state index contributed by atoms with van der Waals surface area (Å²) in [6, 6.07) is 5.16. The first-order chi connectivity index (χ1) is 19.4. The zero-order valence-electron chi connectivity index (χ0n) is 23.2. The summed E-state index contributed by atoms with van der Waals surface area (Å²) in [5.41, 5.74) is -1.05. The first kappa shape index (κ1) is 27.4. The summed E-state index contributed by atoms with van der Waals surface area (Å²) in [6.45, 7) is 5.71. The van der Waals surface area contributed by atoms with Crippen molar-refractivity contribution in [2.75, 3.05) is 14.2 Å². The fourth-order valence-electron chi connectivity index (χ4n) is 5.08. The second-order valence-corrected chi connectivity index (χ2v) is 9.82. The maximum atomic E-state index is 13.9. The molecule has 0 unspecified atom stereocenters. The van der Waals surface area contributed by atoms with Gasteiger partial charge in [0.25, 0.3) is 0 Å². The molecule has 3 N–H and O–H groups in total. The largest absolute Gasteiger partial charge is 0.507 e. The average Bonchev–Trinajstić information content (AvgIpc) is 3.53. The van der Waals surface area contributed by atoms with Crippen molar-refractivity contribution in [3.63, 3.8) is 0 Å². The van der Waals surface area contributed by atoms with E-state index in [1.54, 1.807) is 25.1 Å². The average molecular weight is 562 g/mol. The van der Waals surface area contributed by atoms with E-state index in [0.717, 1.165) is 6.08 Å². The van der Waals surface area contributed by atoms with Gasteiger partial charge in [0.05, 0.1) is 31.9 Å². The number of benzene rings is 2. The van der Waals surface area contributed by atoms with Crippen molar-refractivity contribution in [3.8, 4) is 40.1 Å². The summed E-state index contributed by atoms with van der Waals surface area (Å²) in [7, 11) is 3.04. The molecule has 3 aromatic rings. The van der Waals surface area contributed by atoms with Gasteiger partial charge in [0.1, 0.15) is 34.0 Å².